The summed E-state index contributed by atoms with van der Waals surface area (Å²) in [5.41, 5.74) is 0.376. The maximum Gasteiger partial charge on any atom is 0.191 e. The van der Waals surface area contributed by atoms with Crippen LogP contribution in [0.25, 0.3) is 0 Å². The zero-order valence-corrected chi connectivity index (χ0v) is 21.3. The third kappa shape index (κ3) is 7.99. The average Bonchev–Trinajstić information content (AvgIpc) is 3.18. The Labute approximate surface area is 198 Å². The van der Waals surface area contributed by atoms with Crippen molar-refractivity contribution in [3.05, 3.63) is 22.4 Å². The van der Waals surface area contributed by atoms with Crippen molar-refractivity contribution in [2.45, 2.75) is 52.0 Å². The topological polar surface area (TPSA) is 48.9 Å². The standard InChI is InChI=1S/C22H38N4OS.HI/c1-3-23-21(25-18-22(9-6-10-22)11-13-27-2)24-15-19-7-4-12-26(16-19)17-20-8-5-14-28-20;/h5,8,14,19H,3-4,6-7,9-13,15-18H2,1-2H3,(H2,23,24,25);1H. The molecule has 2 aliphatic rings. The highest BCUT2D eigenvalue weighted by atomic mass is 127. The number of ether oxygens (including phenoxy) is 1. The summed E-state index contributed by atoms with van der Waals surface area (Å²) in [4.78, 5) is 9.04. The van der Waals surface area contributed by atoms with Crippen LogP contribution in [0.15, 0.2) is 22.5 Å². The number of nitrogens with one attached hydrogen (secondary N) is 2. The summed E-state index contributed by atoms with van der Waals surface area (Å²) in [6, 6.07) is 4.41. The Morgan fingerprint density at radius 1 is 1.34 bits per heavy atom. The van der Waals surface area contributed by atoms with E-state index in [1.165, 1.54) is 50.1 Å². The second kappa shape index (κ2) is 13.1. The minimum Gasteiger partial charge on any atom is -0.385 e. The first-order valence-corrected chi connectivity index (χ1v) is 11.9. The highest BCUT2D eigenvalue weighted by Crippen LogP contribution is 2.44. The van der Waals surface area contributed by atoms with Gasteiger partial charge in [0, 0.05) is 51.3 Å². The molecule has 1 atom stereocenters. The molecular formula is C22H39IN4OS. The lowest BCUT2D eigenvalue weighted by molar-refractivity contribution is 0.0778. The van der Waals surface area contributed by atoms with Gasteiger partial charge in [-0.3, -0.25) is 9.89 Å². The number of halogens is 1. The fraction of sp³-hybridized carbons (Fsp3) is 0.773. The number of guanidine groups is 1. The van der Waals surface area contributed by atoms with Crippen LogP contribution in [0, 0.1) is 11.3 Å². The minimum atomic E-state index is 0. The van der Waals surface area contributed by atoms with Crippen molar-refractivity contribution in [2.24, 2.45) is 16.3 Å². The summed E-state index contributed by atoms with van der Waals surface area (Å²) in [6.45, 7) is 9.34. The molecule has 1 saturated heterocycles. The van der Waals surface area contributed by atoms with Crippen LogP contribution in [0.3, 0.4) is 0 Å². The molecule has 7 heteroatoms. The lowest BCUT2D eigenvalue weighted by Gasteiger charge is -2.41. The van der Waals surface area contributed by atoms with Crippen LogP contribution >= 0.6 is 35.3 Å². The number of thiophene rings is 1. The number of aliphatic imine (C=N–C) groups is 1. The molecule has 3 rings (SSSR count). The Kier molecular flexibility index (Phi) is 11.3. The van der Waals surface area contributed by atoms with Crippen molar-refractivity contribution >= 4 is 41.3 Å². The quantitative estimate of drug-likeness (QED) is 0.267. The monoisotopic (exact) mass is 534 g/mol. The molecule has 29 heavy (non-hydrogen) atoms. The Morgan fingerprint density at radius 3 is 2.86 bits per heavy atom. The number of hydrogen-bond acceptors (Lipinski definition) is 4. The molecule has 5 nitrogen and oxygen atoms in total. The van der Waals surface area contributed by atoms with Gasteiger partial charge in [-0.1, -0.05) is 12.5 Å². The first-order valence-electron chi connectivity index (χ1n) is 11.0. The van der Waals surface area contributed by atoms with Gasteiger partial charge in [-0.15, -0.1) is 35.3 Å². The van der Waals surface area contributed by atoms with E-state index in [2.05, 4.69) is 40.0 Å². The molecule has 0 spiro atoms. The van der Waals surface area contributed by atoms with E-state index < -0.39 is 0 Å². The van der Waals surface area contributed by atoms with Gasteiger partial charge in [0.1, 0.15) is 0 Å². The van der Waals surface area contributed by atoms with Gasteiger partial charge in [-0.2, -0.15) is 0 Å². The van der Waals surface area contributed by atoms with Crippen molar-refractivity contribution in [1.29, 1.82) is 0 Å². The van der Waals surface area contributed by atoms with Crippen LogP contribution < -0.4 is 10.6 Å². The van der Waals surface area contributed by atoms with Gasteiger partial charge in [0.05, 0.1) is 0 Å². The Bertz CT molecular complexity index is 592. The molecular weight excluding hydrogens is 495 g/mol. The molecule has 2 fully saturated rings. The molecule has 166 valence electrons. The normalized spacial score (nSPS) is 21.9. The van der Waals surface area contributed by atoms with E-state index in [9.17, 15) is 0 Å². The van der Waals surface area contributed by atoms with Crippen LogP contribution in [0.4, 0.5) is 0 Å². The van der Waals surface area contributed by atoms with Crippen molar-refractivity contribution < 1.29 is 4.74 Å². The second-order valence-corrected chi connectivity index (χ2v) is 9.53. The van der Waals surface area contributed by atoms with Gasteiger partial charge >= 0.3 is 0 Å². The predicted octanol–water partition coefficient (Wildman–Crippen LogP) is 4.34. The van der Waals surface area contributed by atoms with E-state index in [1.54, 1.807) is 7.11 Å². The molecule has 1 aliphatic heterocycles. The van der Waals surface area contributed by atoms with Gasteiger partial charge in [-0.05, 0) is 68.4 Å². The van der Waals surface area contributed by atoms with Gasteiger partial charge in [-0.25, -0.2) is 0 Å². The molecule has 1 aromatic heterocycles. The van der Waals surface area contributed by atoms with E-state index in [0.29, 0.717) is 11.3 Å². The van der Waals surface area contributed by atoms with E-state index >= 15 is 0 Å². The summed E-state index contributed by atoms with van der Waals surface area (Å²) >= 11 is 1.87. The smallest absolute Gasteiger partial charge is 0.191 e. The van der Waals surface area contributed by atoms with Crippen LogP contribution in [-0.4, -0.2) is 57.3 Å². The molecule has 0 radical (unpaired) electrons. The Balaban J connectivity index is 0.00000300. The fourth-order valence-corrected chi connectivity index (χ4v) is 5.14. The van der Waals surface area contributed by atoms with Gasteiger partial charge in [0.25, 0.3) is 0 Å². The first-order chi connectivity index (χ1) is 13.7. The first kappa shape index (κ1) is 24.9. The predicted molar refractivity (Wildman–Crippen MR) is 134 cm³/mol. The van der Waals surface area contributed by atoms with Gasteiger partial charge < -0.3 is 15.4 Å². The van der Waals surface area contributed by atoms with E-state index in [-0.39, 0.29) is 24.0 Å². The molecule has 0 amide bonds. The van der Waals surface area contributed by atoms with Crippen LogP contribution in [0.2, 0.25) is 0 Å². The highest BCUT2D eigenvalue weighted by molar-refractivity contribution is 14.0. The molecule has 0 aromatic carbocycles. The van der Waals surface area contributed by atoms with Crippen LogP contribution in [0.1, 0.15) is 50.3 Å². The number of likely N-dealkylation sites (tertiary alicyclic amines) is 1. The Hall–Kier alpha value is -0.380. The zero-order valence-electron chi connectivity index (χ0n) is 18.1. The summed E-state index contributed by atoms with van der Waals surface area (Å²) < 4.78 is 5.32. The van der Waals surface area contributed by atoms with Crippen LogP contribution in [0.5, 0.6) is 0 Å². The number of nitrogens with zero attached hydrogens (tertiary/aromatic N) is 2. The maximum atomic E-state index is 5.32. The van der Waals surface area contributed by atoms with Gasteiger partial charge in [0.15, 0.2) is 5.96 Å². The van der Waals surface area contributed by atoms with Crippen molar-refractivity contribution in [3.63, 3.8) is 0 Å². The molecule has 1 aliphatic carbocycles. The van der Waals surface area contributed by atoms with Gasteiger partial charge in [0.2, 0.25) is 0 Å². The van der Waals surface area contributed by atoms with Crippen molar-refractivity contribution in [1.82, 2.24) is 15.5 Å². The van der Waals surface area contributed by atoms with Crippen molar-refractivity contribution in [3.8, 4) is 0 Å². The average molecular weight is 535 g/mol. The molecule has 1 unspecified atom stereocenters. The maximum absolute atomic E-state index is 5.32. The summed E-state index contributed by atoms with van der Waals surface area (Å²) in [5, 5.41) is 9.25. The molecule has 2 N–H and O–H groups in total. The summed E-state index contributed by atoms with van der Waals surface area (Å²) in [5.74, 6) is 1.69. The lowest BCUT2D eigenvalue weighted by Crippen LogP contribution is -2.45. The van der Waals surface area contributed by atoms with Crippen molar-refractivity contribution in [2.75, 3.05) is 46.4 Å². The SMILES string of the molecule is CCNC(=NCC1(CCOC)CCC1)NCC1CCCN(Cc2cccs2)C1.I. The number of methoxy groups -OCH3 is 1. The van der Waals surface area contributed by atoms with E-state index in [4.69, 9.17) is 9.73 Å². The second-order valence-electron chi connectivity index (χ2n) is 8.50. The number of hydrogen-bond donors (Lipinski definition) is 2. The molecule has 0 bridgehead atoms. The number of rotatable bonds is 10. The fourth-order valence-electron chi connectivity index (χ4n) is 4.40. The third-order valence-corrected chi connectivity index (χ3v) is 7.15. The molecule has 1 saturated carbocycles. The lowest BCUT2D eigenvalue weighted by atomic mass is 9.67. The minimum absolute atomic E-state index is 0. The molecule has 2 heterocycles. The van der Waals surface area contributed by atoms with E-state index in [1.807, 2.05) is 11.3 Å². The number of piperidine rings is 1. The largest absolute Gasteiger partial charge is 0.385 e. The summed E-state index contributed by atoms with van der Waals surface area (Å²) in [7, 11) is 1.80. The highest BCUT2D eigenvalue weighted by Gasteiger charge is 2.36. The zero-order chi connectivity index (χ0) is 19.7. The third-order valence-electron chi connectivity index (χ3n) is 6.29. The molecule has 1 aromatic rings. The summed E-state index contributed by atoms with van der Waals surface area (Å²) in [6.07, 6.45) is 7.66. The Morgan fingerprint density at radius 2 is 2.21 bits per heavy atom. The van der Waals surface area contributed by atoms with Crippen LogP contribution in [-0.2, 0) is 11.3 Å². The van der Waals surface area contributed by atoms with E-state index in [0.717, 1.165) is 45.2 Å².